The van der Waals surface area contributed by atoms with Crippen LogP contribution in [0.4, 0.5) is 0 Å². The Hall–Kier alpha value is -1.18. The Morgan fingerprint density at radius 2 is 1.78 bits per heavy atom. The average Bonchev–Trinajstić information content (AvgIpc) is 2.57. The number of hydrogen-bond donors (Lipinski definition) is 1. The molecule has 0 amide bonds. The lowest BCUT2D eigenvalue weighted by Gasteiger charge is -2.58. The molecule has 1 heterocycles. The second kappa shape index (κ2) is 6.71. The van der Waals surface area contributed by atoms with Crippen molar-refractivity contribution in [2.24, 2.45) is 23.2 Å². The molecule has 1 N–H and O–H groups in total. The number of carboxylic acids is 1. The summed E-state index contributed by atoms with van der Waals surface area (Å²) in [7, 11) is 0. The summed E-state index contributed by atoms with van der Waals surface area (Å²) in [6, 6.07) is 0. The zero-order chi connectivity index (χ0) is 19.3. The molecule has 5 rings (SSSR count). The Morgan fingerprint density at radius 1 is 1.15 bits per heavy atom. The molecule has 4 aliphatic carbocycles. The Labute approximate surface area is 159 Å². The molecule has 4 saturated carbocycles. The number of carbonyl (C=O) groups is 2. The SMILES string of the molecule is CC1(CCC(=O)[O-])OCC(COC(=O)C23CC4CC(CC(O)(C4)C2)C3)CO1. The zero-order valence-electron chi connectivity index (χ0n) is 15.9. The molecule has 7 heteroatoms. The van der Waals surface area contributed by atoms with E-state index in [0.717, 1.165) is 32.1 Å². The number of aliphatic carboxylic acids is 1. The van der Waals surface area contributed by atoms with Crippen molar-refractivity contribution in [1.82, 2.24) is 0 Å². The minimum absolute atomic E-state index is 0.0676. The van der Waals surface area contributed by atoms with Gasteiger partial charge in [-0.15, -0.1) is 0 Å². The van der Waals surface area contributed by atoms with Crippen LogP contribution in [0.25, 0.3) is 0 Å². The summed E-state index contributed by atoms with van der Waals surface area (Å²) in [6.45, 7) is 2.66. The number of carboxylic acid groups (broad SMARTS) is 1. The van der Waals surface area contributed by atoms with Crippen molar-refractivity contribution in [1.29, 1.82) is 0 Å². The first-order valence-corrected chi connectivity index (χ1v) is 10.1. The van der Waals surface area contributed by atoms with Crippen molar-refractivity contribution >= 4 is 11.9 Å². The van der Waals surface area contributed by atoms with E-state index in [2.05, 4.69) is 0 Å². The Bertz CT molecular complexity index is 593. The fraction of sp³-hybridized carbons (Fsp3) is 0.900. The highest BCUT2D eigenvalue weighted by Gasteiger charge is 2.61. The lowest BCUT2D eigenvalue weighted by atomic mass is 9.48. The van der Waals surface area contributed by atoms with Crippen LogP contribution >= 0.6 is 0 Å². The molecule has 5 fully saturated rings. The van der Waals surface area contributed by atoms with Crippen molar-refractivity contribution in [3.63, 3.8) is 0 Å². The van der Waals surface area contributed by atoms with Crippen LogP contribution in [-0.4, -0.2) is 48.3 Å². The van der Waals surface area contributed by atoms with E-state index >= 15 is 0 Å². The molecule has 2 atom stereocenters. The molecule has 0 aromatic rings. The minimum Gasteiger partial charge on any atom is -0.550 e. The zero-order valence-corrected chi connectivity index (χ0v) is 15.9. The molecule has 27 heavy (non-hydrogen) atoms. The van der Waals surface area contributed by atoms with Crippen LogP contribution in [0, 0.1) is 23.2 Å². The van der Waals surface area contributed by atoms with Gasteiger partial charge >= 0.3 is 5.97 Å². The van der Waals surface area contributed by atoms with Gasteiger partial charge in [-0.1, -0.05) is 0 Å². The molecule has 1 aliphatic heterocycles. The van der Waals surface area contributed by atoms with Gasteiger partial charge in [0.2, 0.25) is 0 Å². The van der Waals surface area contributed by atoms with E-state index in [1.54, 1.807) is 6.92 Å². The molecular weight excluding hydrogens is 352 g/mol. The highest BCUT2D eigenvalue weighted by Crippen LogP contribution is 2.62. The number of rotatable bonds is 6. The molecule has 1 saturated heterocycles. The van der Waals surface area contributed by atoms with Gasteiger partial charge in [-0.05, 0) is 63.7 Å². The Kier molecular flexibility index (Phi) is 4.76. The second-order valence-corrected chi connectivity index (χ2v) is 9.56. The van der Waals surface area contributed by atoms with Crippen molar-refractivity contribution in [3.05, 3.63) is 0 Å². The van der Waals surface area contributed by atoms with E-state index in [4.69, 9.17) is 14.2 Å². The summed E-state index contributed by atoms with van der Waals surface area (Å²) in [5, 5.41) is 21.4. The third-order valence-electron chi connectivity index (χ3n) is 6.95. The largest absolute Gasteiger partial charge is 0.550 e. The molecule has 152 valence electrons. The first kappa shape index (κ1) is 19.2. The molecule has 0 aromatic heterocycles. The predicted octanol–water partition coefficient (Wildman–Crippen LogP) is 0.770. The summed E-state index contributed by atoms with van der Waals surface area (Å²) in [5.41, 5.74) is -1.20. The molecule has 0 aromatic carbocycles. The van der Waals surface area contributed by atoms with Gasteiger partial charge in [0.1, 0.15) is 0 Å². The van der Waals surface area contributed by atoms with Crippen molar-refractivity contribution in [3.8, 4) is 0 Å². The highest BCUT2D eigenvalue weighted by atomic mass is 16.7. The summed E-state index contributed by atoms with van der Waals surface area (Å²) in [6.07, 6.45) is 5.10. The Balaban J connectivity index is 1.28. The molecule has 5 aliphatic rings. The predicted molar refractivity (Wildman–Crippen MR) is 91.1 cm³/mol. The third-order valence-corrected chi connectivity index (χ3v) is 6.95. The van der Waals surface area contributed by atoms with Crippen LogP contribution < -0.4 is 5.11 Å². The Morgan fingerprint density at radius 3 is 2.33 bits per heavy atom. The summed E-state index contributed by atoms with van der Waals surface area (Å²) in [4.78, 5) is 23.5. The lowest BCUT2D eigenvalue weighted by molar-refractivity contribution is -0.313. The molecule has 2 unspecified atom stereocenters. The van der Waals surface area contributed by atoms with E-state index < -0.39 is 22.8 Å². The number of carbonyl (C=O) groups excluding carboxylic acids is 2. The molecule has 0 radical (unpaired) electrons. The van der Waals surface area contributed by atoms with Crippen molar-refractivity contribution in [2.75, 3.05) is 19.8 Å². The van der Waals surface area contributed by atoms with Gasteiger partial charge in [0.05, 0.1) is 30.8 Å². The summed E-state index contributed by atoms with van der Waals surface area (Å²) < 4.78 is 17.0. The summed E-state index contributed by atoms with van der Waals surface area (Å²) >= 11 is 0. The first-order valence-electron chi connectivity index (χ1n) is 10.1. The normalized spacial score (nSPS) is 45.6. The maximum Gasteiger partial charge on any atom is 0.312 e. The van der Waals surface area contributed by atoms with Gasteiger partial charge in [0.15, 0.2) is 5.79 Å². The van der Waals surface area contributed by atoms with E-state index in [1.807, 2.05) is 0 Å². The van der Waals surface area contributed by atoms with Gasteiger partial charge in [-0.2, -0.15) is 0 Å². The van der Waals surface area contributed by atoms with Gasteiger partial charge in [0, 0.05) is 18.3 Å². The monoisotopic (exact) mass is 381 g/mol. The van der Waals surface area contributed by atoms with Gasteiger partial charge in [0.25, 0.3) is 0 Å². The minimum atomic E-state index is -1.13. The van der Waals surface area contributed by atoms with E-state index in [-0.39, 0.29) is 31.3 Å². The van der Waals surface area contributed by atoms with Gasteiger partial charge < -0.3 is 29.2 Å². The van der Waals surface area contributed by atoms with Crippen molar-refractivity contribution < 1.29 is 34.0 Å². The maximum absolute atomic E-state index is 12.9. The van der Waals surface area contributed by atoms with E-state index in [0.29, 0.717) is 31.5 Å². The van der Waals surface area contributed by atoms with Crippen LogP contribution in [-0.2, 0) is 23.8 Å². The third kappa shape index (κ3) is 3.87. The van der Waals surface area contributed by atoms with Crippen LogP contribution in [0.3, 0.4) is 0 Å². The average molecular weight is 381 g/mol. The first-order chi connectivity index (χ1) is 12.7. The second-order valence-electron chi connectivity index (χ2n) is 9.56. The molecule has 7 nitrogen and oxygen atoms in total. The van der Waals surface area contributed by atoms with Crippen LogP contribution in [0.15, 0.2) is 0 Å². The topological polar surface area (TPSA) is 105 Å². The smallest absolute Gasteiger partial charge is 0.312 e. The van der Waals surface area contributed by atoms with E-state index in [9.17, 15) is 19.8 Å². The lowest BCUT2D eigenvalue weighted by Crippen LogP contribution is -2.58. The fourth-order valence-corrected chi connectivity index (χ4v) is 6.05. The van der Waals surface area contributed by atoms with Gasteiger partial charge in [-0.25, -0.2) is 0 Å². The van der Waals surface area contributed by atoms with E-state index in [1.165, 1.54) is 0 Å². The number of aliphatic hydroxyl groups is 1. The fourth-order valence-electron chi connectivity index (χ4n) is 6.05. The van der Waals surface area contributed by atoms with Gasteiger partial charge in [-0.3, -0.25) is 4.79 Å². The van der Waals surface area contributed by atoms with Crippen LogP contribution in [0.1, 0.15) is 58.3 Å². The summed E-state index contributed by atoms with van der Waals surface area (Å²) in [5.74, 6) is -1.42. The van der Waals surface area contributed by atoms with Crippen molar-refractivity contribution in [2.45, 2.75) is 69.7 Å². The number of esters is 1. The number of hydrogen-bond acceptors (Lipinski definition) is 7. The highest BCUT2D eigenvalue weighted by molar-refractivity contribution is 5.77. The number of ether oxygens (including phenoxy) is 3. The van der Waals surface area contributed by atoms with Crippen LogP contribution in [0.5, 0.6) is 0 Å². The maximum atomic E-state index is 12.9. The molecule has 0 spiro atoms. The standard InChI is InChI=1S/C20H30O7/c1-18(3-2-16(21)22)26-10-15(11-27-18)9-25-17(23)19-5-13-4-14(6-19)8-20(24,7-13)12-19/h13-15,24H,2-12H2,1H3,(H,21,22)/p-1. The van der Waals surface area contributed by atoms with Crippen LogP contribution in [0.2, 0.25) is 0 Å². The quantitative estimate of drug-likeness (QED) is 0.678. The molecular formula is C20H29O7-. The molecule has 4 bridgehead atoms.